The Labute approximate surface area is 410 Å². The van der Waals surface area contributed by atoms with Crippen molar-refractivity contribution in [2.45, 2.75) is 316 Å². The van der Waals surface area contributed by atoms with Crippen molar-refractivity contribution in [3.63, 3.8) is 0 Å². The third kappa shape index (κ3) is 52.6. The topological polar surface area (TPSA) is 78.9 Å². The third-order valence-corrected chi connectivity index (χ3v) is 12.9. The monoisotopic (exact) mass is 927 g/mol. The smallest absolute Gasteiger partial charge is 0.306 e. The molecule has 0 saturated carbocycles. The molecule has 1 atom stereocenters. The van der Waals surface area contributed by atoms with Gasteiger partial charge >= 0.3 is 17.9 Å². The summed E-state index contributed by atoms with van der Waals surface area (Å²) in [5.74, 6) is -0.863. The van der Waals surface area contributed by atoms with Crippen molar-refractivity contribution in [1.82, 2.24) is 0 Å². The third-order valence-electron chi connectivity index (χ3n) is 12.9. The summed E-state index contributed by atoms with van der Waals surface area (Å²) in [7, 11) is 0. The molecule has 386 valence electrons. The Balaban J connectivity index is 4.23. The van der Waals surface area contributed by atoms with Crippen LogP contribution in [-0.4, -0.2) is 37.2 Å². The van der Waals surface area contributed by atoms with Crippen LogP contribution in [-0.2, 0) is 28.6 Å². The van der Waals surface area contributed by atoms with Gasteiger partial charge in [0.25, 0.3) is 0 Å². The molecule has 0 aliphatic rings. The number of carbonyl (C=O) groups excluding carboxylic acids is 3. The molecule has 0 radical (unpaired) electrons. The summed E-state index contributed by atoms with van der Waals surface area (Å²) in [5.41, 5.74) is 0. The first-order valence-electron chi connectivity index (χ1n) is 29.0. The number of rotatable bonds is 53. The lowest BCUT2D eigenvalue weighted by molar-refractivity contribution is -0.167. The molecule has 0 saturated heterocycles. The Hall–Kier alpha value is -2.37. The minimum atomic E-state index is -0.770. The van der Waals surface area contributed by atoms with E-state index in [2.05, 4.69) is 57.2 Å². The molecular formula is C60H110O6. The Morgan fingerprint density at radius 3 is 0.848 bits per heavy atom. The number of allylic oxidation sites excluding steroid dienone is 6. The number of ether oxygens (including phenoxy) is 3. The van der Waals surface area contributed by atoms with E-state index in [0.717, 1.165) is 77.0 Å². The Morgan fingerprint density at radius 1 is 0.303 bits per heavy atom. The molecule has 6 heteroatoms. The van der Waals surface area contributed by atoms with Crippen LogP contribution >= 0.6 is 0 Å². The Morgan fingerprint density at radius 2 is 0.545 bits per heavy atom. The number of unbranched alkanes of at least 4 members (excludes halogenated alkanes) is 36. The molecule has 66 heavy (non-hydrogen) atoms. The van der Waals surface area contributed by atoms with Crippen LogP contribution in [0.15, 0.2) is 36.5 Å². The highest BCUT2D eigenvalue weighted by atomic mass is 16.6. The van der Waals surface area contributed by atoms with Gasteiger partial charge in [-0.3, -0.25) is 14.4 Å². The van der Waals surface area contributed by atoms with Crippen molar-refractivity contribution < 1.29 is 28.6 Å². The molecule has 0 aliphatic heterocycles. The average Bonchev–Trinajstić information content (AvgIpc) is 3.31. The van der Waals surface area contributed by atoms with Crippen molar-refractivity contribution in [2.24, 2.45) is 0 Å². The van der Waals surface area contributed by atoms with Gasteiger partial charge in [0.2, 0.25) is 0 Å². The van der Waals surface area contributed by atoms with Crippen molar-refractivity contribution in [2.75, 3.05) is 13.2 Å². The number of esters is 3. The Kier molecular flexibility index (Phi) is 53.2. The highest BCUT2D eigenvalue weighted by Crippen LogP contribution is 2.16. The van der Waals surface area contributed by atoms with Crippen molar-refractivity contribution >= 4 is 17.9 Å². The van der Waals surface area contributed by atoms with Gasteiger partial charge in [-0.05, 0) is 57.8 Å². The van der Waals surface area contributed by atoms with Gasteiger partial charge in [0.15, 0.2) is 6.10 Å². The van der Waals surface area contributed by atoms with E-state index in [-0.39, 0.29) is 31.1 Å². The molecule has 6 nitrogen and oxygen atoms in total. The van der Waals surface area contributed by atoms with Crippen LogP contribution in [0.1, 0.15) is 310 Å². The normalized spacial score (nSPS) is 12.2. The molecule has 0 heterocycles. The molecule has 0 aromatic carbocycles. The lowest BCUT2D eigenvalue weighted by Crippen LogP contribution is -2.30. The van der Waals surface area contributed by atoms with Crippen molar-refractivity contribution in [1.29, 1.82) is 0 Å². The van der Waals surface area contributed by atoms with E-state index < -0.39 is 6.10 Å². The van der Waals surface area contributed by atoms with Crippen molar-refractivity contribution in [3.05, 3.63) is 36.5 Å². The number of hydrogen-bond donors (Lipinski definition) is 0. The summed E-state index contributed by atoms with van der Waals surface area (Å²) < 4.78 is 16.8. The van der Waals surface area contributed by atoms with Gasteiger partial charge in [-0.15, -0.1) is 0 Å². The largest absolute Gasteiger partial charge is 0.462 e. The maximum Gasteiger partial charge on any atom is 0.306 e. The minimum Gasteiger partial charge on any atom is -0.462 e. The molecule has 0 amide bonds. The van der Waals surface area contributed by atoms with Gasteiger partial charge in [0, 0.05) is 19.3 Å². The summed E-state index contributed by atoms with van der Waals surface area (Å²) >= 11 is 0. The molecule has 0 aromatic rings. The summed E-state index contributed by atoms with van der Waals surface area (Å²) in [6.07, 6.45) is 65.7. The van der Waals surface area contributed by atoms with E-state index in [1.165, 1.54) is 193 Å². The van der Waals surface area contributed by atoms with E-state index in [1.54, 1.807) is 0 Å². The zero-order chi connectivity index (χ0) is 47.9. The molecule has 1 unspecified atom stereocenters. The van der Waals surface area contributed by atoms with Crippen LogP contribution in [0.25, 0.3) is 0 Å². The number of carbonyl (C=O) groups is 3. The summed E-state index contributed by atoms with van der Waals surface area (Å²) in [6, 6.07) is 0. The van der Waals surface area contributed by atoms with E-state index in [9.17, 15) is 14.4 Å². The molecular weight excluding hydrogens is 817 g/mol. The molecule has 0 aliphatic carbocycles. The predicted octanol–water partition coefficient (Wildman–Crippen LogP) is 19.3. The zero-order valence-electron chi connectivity index (χ0n) is 44.2. The van der Waals surface area contributed by atoms with Gasteiger partial charge in [-0.25, -0.2) is 0 Å². The van der Waals surface area contributed by atoms with E-state index in [1.807, 2.05) is 0 Å². The van der Waals surface area contributed by atoms with Gasteiger partial charge in [-0.2, -0.15) is 0 Å². The molecule has 0 N–H and O–H groups in total. The second-order valence-electron chi connectivity index (χ2n) is 19.6. The fourth-order valence-corrected chi connectivity index (χ4v) is 8.51. The second kappa shape index (κ2) is 55.2. The van der Waals surface area contributed by atoms with E-state index in [4.69, 9.17) is 14.2 Å². The van der Waals surface area contributed by atoms with Gasteiger partial charge in [-0.1, -0.05) is 269 Å². The van der Waals surface area contributed by atoms with Crippen LogP contribution in [0.2, 0.25) is 0 Å². The second-order valence-corrected chi connectivity index (χ2v) is 19.6. The average molecular weight is 928 g/mol. The van der Waals surface area contributed by atoms with Crippen LogP contribution in [0.5, 0.6) is 0 Å². The fraction of sp³-hybridized carbons (Fsp3) is 0.850. The lowest BCUT2D eigenvalue weighted by Gasteiger charge is -2.18. The fourth-order valence-electron chi connectivity index (χ4n) is 8.51. The molecule has 0 fully saturated rings. The molecule has 0 bridgehead atoms. The highest BCUT2D eigenvalue weighted by Gasteiger charge is 2.19. The molecule has 0 rings (SSSR count). The van der Waals surface area contributed by atoms with E-state index >= 15 is 0 Å². The van der Waals surface area contributed by atoms with Crippen LogP contribution in [0.4, 0.5) is 0 Å². The Bertz CT molecular complexity index is 1110. The zero-order valence-corrected chi connectivity index (χ0v) is 44.2. The first-order valence-corrected chi connectivity index (χ1v) is 29.0. The summed E-state index contributed by atoms with van der Waals surface area (Å²) in [4.78, 5) is 38.0. The summed E-state index contributed by atoms with van der Waals surface area (Å²) in [5, 5.41) is 0. The quantitative estimate of drug-likeness (QED) is 0.0262. The van der Waals surface area contributed by atoms with Crippen LogP contribution in [0.3, 0.4) is 0 Å². The maximum atomic E-state index is 12.8. The van der Waals surface area contributed by atoms with Gasteiger partial charge in [0.1, 0.15) is 13.2 Å². The number of hydrogen-bond acceptors (Lipinski definition) is 6. The predicted molar refractivity (Wildman–Crippen MR) is 284 cm³/mol. The van der Waals surface area contributed by atoms with Gasteiger partial charge < -0.3 is 14.2 Å². The van der Waals surface area contributed by atoms with Crippen molar-refractivity contribution in [3.8, 4) is 0 Å². The first-order chi connectivity index (χ1) is 32.5. The SMILES string of the molecule is CCCCCCC/C=C\C/C=C\C/C=C\CCCCCCCCCCC(=O)OCC(COC(=O)CCCCCCCCCCC)OC(=O)CCCCCCCCCCCCCCCCCC. The van der Waals surface area contributed by atoms with Crippen LogP contribution < -0.4 is 0 Å². The van der Waals surface area contributed by atoms with Gasteiger partial charge in [0.05, 0.1) is 0 Å². The van der Waals surface area contributed by atoms with E-state index in [0.29, 0.717) is 19.3 Å². The lowest BCUT2D eigenvalue weighted by atomic mass is 10.0. The molecule has 0 aromatic heterocycles. The minimum absolute atomic E-state index is 0.0701. The standard InChI is InChI=1S/C60H110O6/c1-4-7-10-13-16-19-21-23-25-27-28-29-30-31-32-33-35-36-38-41-44-47-50-53-59(62)65-56-57(55-64-58(61)52-49-46-43-40-18-15-12-9-6-3)66-60(63)54-51-48-45-42-39-37-34-26-24-22-20-17-14-11-8-5-2/h21,23,27-28,30-31,57H,4-20,22,24-26,29,32-56H2,1-3H3/b23-21-,28-27-,31-30-. The highest BCUT2D eigenvalue weighted by molar-refractivity contribution is 5.71. The first kappa shape index (κ1) is 63.6. The summed E-state index contributed by atoms with van der Waals surface area (Å²) in [6.45, 7) is 6.64. The van der Waals surface area contributed by atoms with Crippen LogP contribution in [0, 0.1) is 0 Å². The maximum absolute atomic E-state index is 12.8. The molecule has 0 spiro atoms.